The lowest BCUT2D eigenvalue weighted by Gasteiger charge is -2.30. The van der Waals surface area contributed by atoms with Gasteiger partial charge in [0.15, 0.2) is 0 Å². The molecule has 3 aromatic rings. The molecule has 4 rings (SSSR count). The lowest BCUT2D eigenvalue weighted by Crippen LogP contribution is -2.34. The number of benzene rings is 3. The van der Waals surface area contributed by atoms with E-state index in [-0.39, 0.29) is 24.2 Å². The highest BCUT2D eigenvalue weighted by Gasteiger charge is 2.29. The third-order valence-corrected chi connectivity index (χ3v) is 6.48. The van der Waals surface area contributed by atoms with E-state index in [2.05, 4.69) is 5.32 Å². The van der Waals surface area contributed by atoms with Crippen LogP contribution in [0.25, 0.3) is 6.08 Å². The lowest BCUT2D eigenvalue weighted by atomic mass is 10.1. The van der Waals surface area contributed by atoms with E-state index >= 15 is 0 Å². The number of thioether (sulfide) groups is 1. The molecular weight excluding hydrogens is 451 g/mol. The topological polar surface area (TPSA) is 58.6 Å². The zero-order valence-electron chi connectivity index (χ0n) is 18.8. The molecule has 5 nitrogen and oxygen atoms in total. The molecule has 0 bridgehead atoms. The average molecular weight is 477 g/mol. The van der Waals surface area contributed by atoms with Crippen LogP contribution in [0.4, 0.5) is 10.1 Å². The van der Waals surface area contributed by atoms with Gasteiger partial charge in [0.25, 0.3) is 11.8 Å². The maximum atomic E-state index is 14.3. The van der Waals surface area contributed by atoms with E-state index in [9.17, 15) is 14.0 Å². The predicted octanol–water partition coefficient (Wildman–Crippen LogP) is 5.27. The van der Waals surface area contributed by atoms with Crippen LogP contribution in [-0.4, -0.2) is 32.1 Å². The van der Waals surface area contributed by atoms with Gasteiger partial charge in [-0.15, -0.1) is 0 Å². The Morgan fingerprint density at radius 3 is 2.56 bits per heavy atom. The lowest BCUT2D eigenvalue weighted by molar-refractivity contribution is -0.114. The molecule has 0 saturated carbocycles. The Kier molecular flexibility index (Phi) is 7.77. The van der Waals surface area contributed by atoms with Gasteiger partial charge in [0, 0.05) is 36.3 Å². The Morgan fingerprint density at radius 2 is 1.79 bits per heavy atom. The van der Waals surface area contributed by atoms with Gasteiger partial charge in [0.1, 0.15) is 5.82 Å². The molecule has 2 amide bonds. The molecule has 174 valence electrons. The number of ether oxygens (including phenoxy) is 1. The van der Waals surface area contributed by atoms with Crippen molar-refractivity contribution in [1.29, 1.82) is 0 Å². The molecule has 0 aliphatic carbocycles. The number of rotatable bonds is 8. The summed E-state index contributed by atoms with van der Waals surface area (Å²) in [7, 11) is 1.63. The number of nitrogens with zero attached hydrogens (tertiary/aromatic N) is 1. The fraction of sp³-hybridized carbons (Fsp3) is 0.185. The Balaban J connectivity index is 1.55. The Labute approximate surface area is 202 Å². The molecule has 1 aliphatic rings. The monoisotopic (exact) mass is 476 g/mol. The molecule has 0 saturated heterocycles. The van der Waals surface area contributed by atoms with E-state index in [0.29, 0.717) is 29.2 Å². The van der Waals surface area contributed by atoms with E-state index in [4.69, 9.17) is 4.74 Å². The van der Waals surface area contributed by atoms with Gasteiger partial charge in [-0.1, -0.05) is 54.2 Å². The molecule has 0 atom stereocenters. The van der Waals surface area contributed by atoms with Crippen LogP contribution in [-0.2, 0) is 16.1 Å². The largest absolute Gasteiger partial charge is 0.385 e. The molecule has 0 fully saturated rings. The fourth-order valence-corrected chi connectivity index (χ4v) is 4.68. The second kappa shape index (κ2) is 11.1. The standard InChI is InChI=1S/C27H25FN2O3S/c1-33-16-6-15-29-26(31)20-13-11-19(12-14-20)17-25-27(32)30(18-21-7-2-3-8-22(21)28)23-9-4-5-10-24(23)34-25/h2-5,7-14,17H,6,15-16,18H2,1H3,(H,29,31). The third kappa shape index (κ3) is 5.55. The average Bonchev–Trinajstić information content (AvgIpc) is 2.86. The number of para-hydroxylation sites is 1. The van der Waals surface area contributed by atoms with E-state index in [1.54, 1.807) is 48.4 Å². The minimum atomic E-state index is -0.340. The summed E-state index contributed by atoms with van der Waals surface area (Å²) in [6.45, 7) is 1.28. The number of anilines is 1. The highest BCUT2D eigenvalue weighted by molar-refractivity contribution is 8.04. The molecule has 0 unspecified atom stereocenters. The van der Waals surface area contributed by atoms with Crippen molar-refractivity contribution in [3.63, 3.8) is 0 Å². The normalized spacial score (nSPS) is 14.2. The van der Waals surface area contributed by atoms with Gasteiger partial charge in [-0.05, 0) is 48.4 Å². The number of hydrogen-bond acceptors (Lipinski definition) is 4. The van der Waals surface area contributed by atoms with Crippen molar-refractivity contribution in [1.82, 2.24) is 5.32 Å². The molecule has 1 N–H and O–H groups in total. The number of amides is 2. The summed E-state index contributed by atoms with van der Waals surface area (Å²) in [5.74, 6) is -0.678. The molecule has 0 radical (unpaired) electrons. The Hall–Kier alpha value is -3.42. The summed E-state index contributed by atoms with van der Waals surface area (Å²) in [6.07, 6.45) is 2.55. The summed E-state index contributed by atoms with van der Waals surface area (Å²) in [5.41, 5.74) is 2.57. The Morgan fingerprint density at radius 1 is 1.06 bits per heavy atom. The van der Waals surface area contributed by atoms with Gasteiger partial charge in [-0.3, -0.25) is 9.59 Å². The molecule has 34 heavy (non-hydrogen) atoms. The van der Waals surface area contributed by atoms with E-state index in [0.717, 1.165) is 22.6 Å². The molecule has 1 heterocycles. The summed E-state index contributed by atoms with van der Waals surface area (Å²) in [6, 6.07) is 21.2. The number of methoxy groups -OCH3 is 1. The van der Waals surface area contributed by atoms with Gasteiger partial charge in [-0.2, -0.15) is 0 Å². The molecule has 7 heteroatoms. The number of carbonyl (C=O) groups is 2. The van der Waals surface area contributed by atoms with Crippen LogP contribution in [0.15, 0.2) is 82.6 Å². The minimum absolute atomic E-state index is 0.141. The van der Waals surface area contributed by atoms with Crippen molar-refractivity contribution in [3.8, 4) is 0 Å². The van der Waals surface area contributed by atoms with Crippen LogP contribution in [0.1, 0.15) is 27.9 Å². The summed E-state index contributed by atoms with van der Waals surface area (Å²) in [4.78, 5) is 28.7. The number of nitrogens with one attached hydrogen (secondary N) is 1. The SMILES string of the molecule is COCCCNC(=O)c1ccc(C=C2Sc3ccccc3N(Cc3ccccc3F)C2=O)cc1. The van der Waals surface area contributed by atoms with Crippen LogP contribution in [0.3, 0.4) is 0 Å². The van der Waals surface area contributed by atoms with Gasteiger partial charge < -0.3 is 15.0 Å². The zero-order valence-corrected chi connectivity index (χ0v) is 19.6. The molecular formula is C27H25FN2O3S. The first-order chi connectivity index (χ1) is 16.6. The maximum absolute atomic E-state index is 14.3. The maximum Gasteiger partial charge on any atom is 0.265 e. The summed E-state index contributed by atoms with van der Waals surface area (Å²) >= 11 is 1.39. The fourth-order valence-electron chi connectivity index (χ4n) is 3.62. The van der Waals surface area contributed by atoms with E-state index in [1.165, 1.54) is 17.8 Å². The van der Waals surface area contributed by atoms with Crippen molar-refractivity contribution >= 4 is 35.3 Å². The van der Waals surface area contributed by atoms with Crippen LogP contribution >= 0.6 is 11.8 Å². The van der Waals surface area contributed by atoms with Crippen LogP contribution in [0.2, 0.25) is 0 Å². The van der Waals surface area contributed by atoms with Crippen molar-refractivity contribution in [2.24, 2.45) is 0 Å². The Bertz CT molecular complexity index is 1210. The van der Waals surface area contributed by atoms with Crippen molar-refractivity contribution in [3.05, 3.63) is 100 Å². The van der Waals surface area contributed by atoms with Crippen LogP contribution in [0.5, 0.6) is 0 Å². The molecule has 3 aromatic carbocycles. The van der Waals surface area contributed by atoms with Crippen molar-refractivity contribution in [2.75, 3.05) is 25.2 Å². The number of fused-ring (bicyclic) bond motifs is 1. The quantitative estimate of drug-likeness (QED) is 0.355. The minimum Gasteiger partial charge on any atom is -0.385 e. The van der Waals surface area contributed by atoms with Crippen LogP contribution in [0, 0.1) is 5.82 Å². The van der Waals surface area contributed by atoms with E-state index < -0.39 is 0 Å². The molecule has 1 aliphatic heterocycles. The second-order valence-corrected chi connectivity index (χ2v) is 8.87. The first-order valence-corrected chi connectivity index (χ1v) is 11.8. The zero-order chi connectivity index (χ0) is 23.9. The van der Waals surface area contributed by atoms with Crippen LogP contribution < -0.4 is 10.2 Å². The molecule has 0 aromatic heterocycles. The second-order valence-electron chi connectivity index (χ2n) is 7.79. The first-order valence-electron chi connectivity index (χ1n) is 11.0. The number of halogens is 1. The van der Waals surface area contributed by atoms with E-state index in [1.807, 2.05) is 36.4 Å². The predicted molar refractivity (Wildman–Crippen MR) is 133 cm³/mol. The third-order valence-electron chi connectivity index (χ3n) is 5.40. The van der Waals surface area contributed by atoms with Gasteiger partial charge >= 0.3 is 0 Å². The van der Waals surface area contributed by atoms with Crippen molar-refractivity contribution < 1.29 is 18.7 Å². The molecule has 0 spiro atoms. The van der Waals surface area contributed by atoms with Crippen molar-refractivity contribution in [2.45, 2.75) is 17.9 Å². The number of carbonyl (C=O) groups excluding carboxylic acids is 2. The first kappa shape index (κ1) is 23.7. The highest BCUT2D eigenvalue weighted by atomic mass is 32.2. The van der Waals surface area contributed by atoms with Gasteiger partial charge in [0.05, 0.1) is 17.1 Å². The highest BCUT2D eigenvalue weighted by Crippen LogP contribution is 2.42. The summed E-state index contributed by atoms with van der Waals surface area (Å²) in [5, 5.41) is 2.86. The summed E-state index contributed by atoms with van der Waals surface area (Å²) < 4.78 is 19.3. The van der Waals surface area contributed by atoms with Gasteiger partial charge in [-0.25, -0.2) is 4.39 Å². The number of hydrogen-bond donors (Lipinski definition) is 1. The van der Waals surface area contributed by atoms with Gasteiger partial charge in [0.2, 0.25) is 0 Å². The smallest absolute Gasteiger partial charge is 0.265 e.